The molecule has 0 aliphatic carbocycles. The summed E-state index contributed by atoms with van der Waals surface area (Å²) in [6, 6.07) is 15.1. The van der Waals surface area contributed by atoms with Gasteiger partial charge in [-0.15, -0.1) is 0 Å². The zero-order valence-corrected chi connectivity index (χ0v) is 15.4. The van der Waals surface area contributed by atoms with Gasteiger partial charge in [-0.2, -0.15) is 5.10 Å². The zero-order chi connectivity index (χ0) is 19.5. The molecule has 0 bridgehead atoms. The topological polar surface area (TPSA) is 86.8 Å². The Morgan fingerprint density at radius 2 is 2.04 bits per heavy atom. The first-order chi connectivity index (χ1) is 13.7. The van der Waals surface area contributed by atoms with E-state index in [-0.39, 0.29) is 18.2 Å². The number of hydrogen-bond donors (Lipinski definition) is 2. The van der Waals surface area contributed by atoms with Gasteiger partial charge in [-0.25, -0.2) is 5.43 Å². The second kappa shape index (κ2) is 7.56. The summed E-state index contributed by atoms with van der Waals surface area (Å²) in [6.07, 6.45) is 3.61. The minimum Gasteiger partial charge on any atom is -0.497 e. The normalized spacial score (nSPS) is 16.8. The van der Waals surface area contributed by atoms with Gasteiger partial charge in [0.2, 0.25) is 11.8 Å². The van der Waals surface area contributed by atoms with E-state index in [2.05, 4.69) is 15.5 Å². The van der Waals surface area contributed by atoms with E-state index in [9.17, 15) is 9.59 Å². The molecule has 2 N–H and O–H groups in total. The average Bonchev–Trinajstić information content (AvgIpc) is 3.32. The van der Waals surface area contributed by atoms with Crippen molar-refractivity contribution in [3.63, 3.8) is 0 Å². The number of benzene rings is 2. The second-order valence-electron chi connectivity index (χ2n) is 6.63. The van der Waals surface area contributed by atoms with Gasteiger partial charge in [-0.3, -0.25) is 9.59 Å². The van der Waals surface area contributed by atoms with E-state index in [0.717, 1.165) is 27.9 Å². The van der Waals surface area contributed by atoms with Crippen LogP contribution in [0.1, 0.15) is 12.0 Å². The molecule has 2 amide bonds. The number of rotatable bonds is 5. The predicted molar refractivity (Wildman–Crippen MR) is 107 cm³/mol. The number of aromatic amines is 1. The summed E-state index contributed by atoms with van der Waals surface area (Å²) in [5, 5.41) is 5.09. The number of aromatic nitrogens is 1. The van der Waals surface area contributed by atoms with Gasteiger partial charge in [0.1, 0.15) is 5.75 Å². The summed E-state index contributed by atoms with van der Waals surface area (Å²) in [5.74, 6) is -0.0580. The van der Waals surface area contributed by atoms with Crippen LogP contribution in [0, 0.1) is 5.92 Å². The van der Waals surface area contributed by atoms with Crippen molar-refractivity contribution in [3.8, 4) is 5.75 Å². The van der Waals surface area contributed by atoms with Crippen molar-refractivity contribution in [2.75, 3.05) is 18.6 Å². The fraction of sp³-hybridized carbons (Fsp3) is 0.190. The molecular weight excluding hydrogens is 356 g/mol. The molecule has 0 unspecified atom stereocenters. The van der Waals surface area contributed by atoms with Crippen LogP contribution in [-0.2, 0) is 9.59 Å². The number of H-pyrrole nitrogens is 1. The molecule has 28 heavy (non-hydrogen) atoms. The molecule has 4 rings (SSSR count). The highest BCUT2D eigenvalue weighted by atomic mass is 16.5. The van der Waals surface area contributed by atoms with Gasteiger partial charge >= 0.3 is 0 Å². The van der Waals surface area contributed by atoms with Crippen molar-refractivity contribution < 1.29 is 14.3 Å². The van der Waals surface area contributed by atoms with Gasteiger partial charge in [0.05, 0.1) is 19.2 Å². The first kappa shape index (κ1) is 17.8. The SMILES string of the molecule is COc1ccc(N2C[C@@H](C(=O)N/N=C\c3c[nH]c4ccccc34)CC2=O)cc1. The van der Waals surface area contributed by atoms with Crippen LogP contribution < -0.4 is 15.1 Å². The summed E-state index contributed by atoms with van der Waals surface area (Å²) >= 11 is 0. The molecule has 0 spiro atoms. The number of ether oxygens (including phenoxy) is 1. The molecule has 2 heterocycles. The first-order valence-corrected chi connectivity index (χ1v) is 8.99. The standard InChI is InChI=1S/C21H20N4O3/c1-28-17-8-6-16(7-9-17)25-13-14(10-20(25)26)21(27)24-23-12-15-11-22-19-5-3-2-4-18(15)19/h2-9,11-12,14,22H,10,13H2,1H3,(H,24,27)/b23-12-/t14-/m0/s1. The van der Waals surface area contributed by atoms with Crippen LogP contribution in [0.25, 0.3) is 10.9 Å². The van der Waals surface area contributed by atoms with Gasteiger partial charge < -0.3 is 14.6 Å². The first-order valence-electron chi connectivity index (χ1n) is 8.99. The quantitative estimate of drug-likeness (QED) is 0.530. The van der Waals surface area contributed by atoms with Crippen molar-refractivity contribution in [1.29, 1.82) is 0 Å². The molecule has 142 valence electrons. The Morgan fingerprint density at radius 1 is 1.25 bits per heavy atom. The van der Waals surface area contributed by atoms with Crippen LogP contribution in [-0.4, -0.2) is 36.7 Å². The molecule has 7 nitrogen and oxygen atoms in total. The van der Waals surface area contributed by atoms with E-state index in [4.69, 9.17) is 4.74 Å². The maximum Gasteiger partial charge on any atom is 0.245 e. The molecular formula is C21H20N4O3. The Morgan fingerprint density at radius 3 is 2.82 bits per heavy atom. The van der Waals surface area contributed by atoms with Crippen molar-refractivity contribution >= 4 is 34.6 Å². The number of para-hydroxylation sites is 1. The van der Waals surface area contributed by atoms with Gasteiger partial charge in [-0.1, -0.05) is 18.2 Å². The van der Waals surface area contributed by atoms with Crippen molar-refractivity contribution in [2.24, 2.45) is 11.0 Å². The Hall–Kier alpha value is -3.61. The van der Waals surface area contributed by atoms with E-state index in [1.807, 2.05) is 42.6 Å². The van der Waals surface area contributed by atoms with E-state index in [1.54, 1.807) is 30.4 Å². The number of amides is 2. The molecule has 2 aromatic carbocycles. The maximum atomic E-state index is 12.4. The molecule has 1 aliphatic rings. The van der Waals surface area contributed by atoms with Crippen LogP contribution in [0.4, 0.5) is 5.69 Å². The lowest BCUT2D eigenvalue weighted by atomic mass is 10.1. The summed E-state index contributed by atoms with van der Waals surface area (Å²) in [5.41, 5.74) is 5.20. The number of hydrogen-bond acceptors (Lipinski definition) is 4. The summed E-state index contributed by atoms with van der Waals surface area (Å²) in [6.45, 7) is 0.333. The number of anilines is 1. The lowest BCUT2D eigenvalue weighted by Crippen LogP contribution is -2.30. The number of carbonyl (C=O) groups excluding carboxylic acids is 2. The maximum absolute atomic E-state index is 12.4. The smallest absolute Gasteiger partial charge is 0.245 e. The minimum absolute atomic E-state index is 0.0778. The molecule has 1 aliphatic heterocycles. The summed E-state index contributed by atoms with van der Waals surface area (Å²) < 4.78 is 5.13. The number of nitrogens with zero attached hydrogens (tertiary/aromatic N) is 2. The van der Waals surface area contributed by atoms with Crippen LogP contribution in [0.2, 0.25) is 0 Å². The molecule has 0 saturated carbocycles. The van der Waals surface area contributed by atoms with Gasteiger partial charge in [0.25, 0.3) is 0 Å². The Balaban J connectivity index is 1.39. The van der Waals surface area contributed by atoms with Gasteiger partial charge in [-0.05, 0) is 30.3 Å². The zero-order valence-electron chi connectivity index (χ0n) is 15.4. The number of nitrogens with one attached hydrogen (secondary N) is 2. The van der Waals surface area contributed by atoms with Crippen LogP contribution >= 0.6 is 0 Å². The molecule has 1 saturated heterocycles. The van der Waals surface area contributed by atoms with Crippen molar-refractivity contribution in [1.82, 2.24) is 10.4 Å². The molecule has 3 aromatic rings. The van der Waals surface area contributed by atoms with Gasteiger partial charge in [0, 0.05) is 41.3 Å². The Labute approximate surface area is 162 Å². The van der Waals surface area contributed by atoms with E-state index in [0.29, 0.717) is 6.54 Å². The monoisotopic (exact) mass is 376 g/mol. The Bertz CT molecular complexity index is 1040. The predicted octanol–water partition coefficient (Wildman–Crippen LogP) is 2.68. The highest BCUT2D eigenvalue weighted by molar-refractivity contribution is 6.01. The number of methoxy groups -OCH3 is 1. The minimum atomic E-state index is -0.435. The Kier molecular flexibility index (Phi) is 4.80. The van der Waals surface area contributed by atoms with Crippen molar-refractivity contribution in [2.45, 2.75) is 6.42 Å². The molecule has 1 aromatic heterocycles. The fourth-order valence-corrected chi connectivity index (χ4v) is 3.35. The van der Waals surface area contributed by atoms with Crippen LogP contribution in [0.3, 0.4) is 0 Å². The van der Waals surface area contributed by atoms with Crippen LogP contribution in [0.5, 0.6) is 5.75 Å². The number of hydrazone groups is 1. The molecule has 0 radical (unpaired) electrons. The molecule has 1 fully saturated rings. The van der Waals surface area contributed by atoms with E-state index in [1.165, 1.54) is 0 Å². The average molecular weight is 376 g/mol. The molecule has 7 heteroatoms. The van der Waals surface area contributed by atoms with Crippen molar-refractivity contribution in [3.05, 3.63) is 60.3 Å². The molecule has 1 atom stereocenters. The van der Waals surface area contributed by atoms with E-state index >= 15 is 0 Å². The fourth-order valence-electron chi connectivity index (χ4n) is 3.35. The lowest BCUT2D eigenvalue weighted by Gasteiger charge is -2.16. The highest BCUT2D eigenvalue weighted by Crippen LogP contribution is 2.27. The van der Waals surface area contributed by atoms with Crippen LogP contribution in [0.15, 0.2) is 59.8 Å². The summed E-state index contributed by atoms with van der Waals surface area (Å²) in [7, 11) is 1.59. The van der Waals surface area contributed by atoms with Gasteiger partial charge in [0.15, 0.2) is 0 Å². The highest BCUT2D eigenvalue weighted by Gasteiger charge is 2.35. The largest absolute Gasteiger partial charge is 0.497 e. The summed E-state index contributed by atoms with van der Waals surface area (Å²) in [4.78, 5) is 29.5. The number of carbonyl (C=O) groups is 2. The lowest BCUT2D eigenvalue weighted by molar-refractivity contribution is -0.126. The third-order valence-electron chi connectivity index (χ3n) is 4.88. The second-order valence-corrected chi connectivity index (χ2v) is 6.63. The third-order valence-corrected chi connectivity index (χ3v) is 4.88. The van der Waals surface area contributed by atoms with E-state index < -0.39 is 5.92 Å². The number of fused-ring (bicyclic) bond motifs is 1. The third kappa shape index (κ3) is 3.46.